The molecular weight excluding hydrogens is 266 g/mol. The van der Waals surface area contributed by atoms with Crippen LogP contribution in [0, 0.1) is 0 Å². The number of amides is 1. The molecule has 2 aromatic rings. The van der Waals surface area contributed by atoms with E-state index in [1.165, 1.54) is 11.1 Å². The standard InChI is InChI=1S/C17H13NO3/c19-17-12-4-2-1-3-11(12)16-13-8-15-14(20-9-21-15)7-10(13)5-6-18(16)17/h1-4,7-8,16H,5-6,9H2. The number of nitrogens with zero attached hydrogens (tertiary/aromatic N) is 1. The van der Waals surface area contributed by atoms with Gasteiger partial charge in [-0.25, -0.2) is 0 Å². The van der Waals surface area contributed by atoms with E-state index in [0.717, 1.165) is 35.6 Å². The highest BCUT2D eigenvalue weighted by Gasteiger charge is 2.41. The van der Waals surface area contributed by atoms with Crippen molar-refractivity contribution < 1.29 is 14.3 Å². The van der Waals surface area contributed by atoms with Crippen molar-refractivity contribution in [1.82, 2.24) is 4.90 Å². The lowest BCUT2D eigenvalue weighted by molar-refractivity contribution is 0.0740. The summed E-state index contributed by atoms with van der Waals surface area (Å²) in [6.07, 6.45) is 0.863. The van der Waals surface area contributed by atoms with E-state index < -0.39 is 0 Å². The summed E-state index contributed by atoms with van der Waals surface area (Å²) in [5.74, 6) is 1.74. The Bertz CT molecular complexity index is 784. The van der Waals surface area contributed by atoms with Crippen LogP contribution in [-0.4, -0.2) is 24.1 Å². The van der Waals surface area contributed by atoms with Gasteiger partial charge in [0.05, 0.1) is 6.04 Å². The van der Waals surface area contributed by atoms with E-state index in [-0.39, 0.29) is 18.7 Å². The summed E-state index contributed by atoms with van der Waals surface area (Å²) in [6, 6.07) is 12.0. The van der Waals surface area contributed by atoms with Gasteiger partial charge in [0.2, 0.25) is 6.79 Å². The van der Waals surface area contributed by atoms with Gasteiger partial charge >= 0.3 is 0 Å². The van der Waals surface area contributed by atoms with E-state index in [4.69, 9.17) is 9.47 Å². The fourth-order valence-electron chi connectivity index (χ4n) is 3.65. The topological polar surface area (TPSA) is 38.8 Å². The summed E-state index contributed by atoms with van der Waals surface area (Å²) in [6.45, 7) is 1.03. The molecule has 1 amide bonds. The van der Waals surface area contributed by atoms with Crippen LogP contribution in [0.4, 0.5) is 0 Å². The lowest BCUT2D eigenvalue weighted by Crippen LogP contribution is -2.34. The first-order valence-electron chi connectivity index (χ1n) is 7.15. The van der Waals surface area contributed by atoms with Gasteiger partial charge in [0.15, 0.2) is 11.5 Å². The lowest BCUT2D eigenvalue weighted by Gasteiger charge is -2.32. The third-order valence-electron chi connectivity index (χ3n) is 4.61. The third kappa shape index (κ3) is 1.37. The van der Waals surface area contributed by atoms with Crippen LogP contribution in [0.5, 0.6) is 11.5 Å². The molecule has 2 aromatic carbocycles. The van der Waals surface area contributed by atoms with E-state index in [2.05, 4.69) is 12.1 Å². The molecule has 104 valence electrons. The summed E-state index contributed by atoms with van der Waals surface area (Å²) in [7, 11) is 0. The minimum Gasteiger partial charge on any atom is -0.454 e. The summed E-state index contributed by atoms with van der Waals surface area (Å²) in [4.78, 5) is 14.5. The summed E-state index contributed by atoms with van der Waals surface area (Å²) in [5, 5.41) is 0. The molecule has 3 heterocycles. The molecule has 1 atom stereocenters. The zero-order valence-corrected chi connectivity index (χ0v) is 11.3. The van der Waals surface area contributed by atoms with E-state index in [1.807, 2.05) is 29.2 Å². The molecule has 4 nitrogen and oxygen atoms in total. The van der Waals surface area contributed by atoms with Gasteiger partial charge in [0.25, 0.3) is 5.91 Å². The van der Waals surface area contributed by atoms with Gasteiger partial charge in [-0.15, -0.1) is 0 Å². The predicted octanol–water partition coefficient (Wildman–Crippen LogP) is 2.52. The maximum absolute atomic E-state index is 12.5. The Kier molecular flexibility index (Phi) is 2.02. The molecule has 21 heavy (non-hydrogen) atoms. The molecule has 5 rings (SSSR count). The third-order valence-corrected chi connectivity index (χ3v) is 4.61. The number of carbonyl (C=O) groups excluding carboxylic acids is 1. The summed E-state index contributed by atoms with van der Waals surface area (Å²) < 4.78 is 11.0. The number of hydrogen-bond acceptors (Lipinski definition) is 3. The zero-order valence-electron chi connectivity index (χ0n) is 11.3. The van der Waals surface area contributed by atoms with Crippen LogP contribution in [-0.2, 0) is 6.42 Å². The first-order chi connectivity index (χ1) is 10.3. The molecule has 0 fully saturated rings. The molecular formula is C17H13NO3. The Labute approximate surface area is 121 Å². The first-order valence-corrected chi connectivity index (χ1v) is 7.15. The Morgan fingerprint density at radius 1 is 1.05 bits per heavy atom. The van der Waals surface area contributed by atoms with Crippen molar-refractivity contribution >= 4 is 5.91 Å². The van der Waals surface area contributed by atoms with Crippen molar-refractivity contribution in [3.05, 3.63) is 58.7 Å². The zero-order chi connectivity index (χ0) is 14.0. The minimum atomic E-state index is 0.0203. The Balaban J connectivity index is 1.74. The van der Waals surface area contributed by atoms with Crippen LogP contribution in [0.3, 0.4) is 0 Å². The highest BCUT2D eigenvalue weighted by atomic mass is 16.7. The molecule has 0 saturated heterocycles. The fourth-order valence-corrected chi connectivity index (χ4v) is 3.65. The van der Waals surface area contributed by atoms with Crippen molar-refractivity contribution in [3.8, 4) is 11.5 Å². The van der Waals surface area contributed by atoms with Gasteiger partial charge in [-0.05, 0) is 41.3 Å². The van der Waals surface area contributed by atoms with E-state index in [1.54, 1.807) is 0 Å². The van der Waals surface area contributed by atoms with Gasteiger partial charge in [0, 0.05) is 12.1 Å². The van der Waals surface area contributed by atoms with Crippen LogP contribution in [0.2, 0.25) is 0 Å². The van der Waals surface area contributed by atoms with Crippen LogP contribution < -0.4 is 9.47 Å². The Morgan fingerprint density at radius 2 is 1.86 bits per heavy atom. The average Bonchev–Trinajstić information content (AvgIpc) is 3.08. The molecule has 0 aliphatic carbocycles. The van der Waals surface area contributed by atoms with Gasteiger partial charge in [-0.3, -0.25) is 4.79 Å². The maximum atomic E-state index is 12.5. The predicted molar refractivity (Wildman–Crippen MR) is 75.6 cm³/mol. The quantitative estimate of drug-likeness (QED) is 0.744. The number of benzene rings is 2. The number of fused-ring (bicyclic) bond motifs is 6. The number of carbonyl (C=O) groups is 1. The second-order valence-electron chi connectivity index (χ2n) is 5.64. The number of rotatable bonds is 0. The van der Waals surface area contributed by atoms with Gasteiger partial charge in [-0.1, -0.05) is 18.2 Å². The van der Waals surface area contributed by atoms with Crippen LogP contribution in [0.25, 0.3) is 0 Å². The molecule has 0 radical (unpaired) electrons. The lowest BCUT2D eigenvalue weighted by atomic mass is 9.89. The number of ether oxygens (including phenoxy) is 2. The highest BCUT2D eigenvalue weighted by Crippen LogP contribution is 2.46. The molecule has 3 aliphatic rings. The Morgan fingerprint density at radius 3 is 2.76 bits per heavy atom. The van der Waals surface area contributed by atoms with E-state index in [0.29, 0.717) is 0 Å². The van der Waals surface area contributed by atoms with Crippen LogP contribution in [0.15, 0.2) is 36.4 Å². The summed E-state index contributed by atoms with van der Waals surface area (Å²) >= 11 is 0. The molecule has 0 saturated carbocycles. The van der Waals surface area contributed by atoms with Crippen molar-refractivity contribution in [2.45, 2.75) is 12.5 Å². The molecule has 0 aromatic heterocycles. The fraction of sp³-hybridized carbons (Fsp3) is 0.235. The van der Waals surface area contributed by atoms with Crippen LogP contribution in [0.1, 0.15) is 33.1 Å². The second kappa shape index (κ2) is 3.79. The monoisotopic (exact) mass is 279 g/mol. The SMILES string of the molecule is O=C1c2ccccc2C2c3cc4c(cc3CCN12)OCO4. The molecule has 3 aliphatic heterocycles. The normalized spacial score (nSPS) is 21.0. The summed E-state index contributed by atoms with van der Waals surface area (Å²) in [5.41, 5.74) is 4.35. The molecule has 0 spiro atoms. The van der Waals surface area contributed by atoms with E-state index >= 15 is 0 Å². The molecule has 4 heteroatoms. The first kappa shape index (κ1) is 11.2. The minimum absolute atomic E-state index is 0.0203. The van der Waals surface area contributed by atoms with Crippen molar-refractivity contribution in [2.75, 3.05) is 13.3 Å². The number of hydrogen-bond donors (Lipinski definition) is 0. The maximum Gasteiger partial charge on any atom is 0.255 e. The Hall–Kier alpha value is -2.49. The van der Waals surface area contributed by atoms with Gasteiger partial charge in [0.1, 0.15) is 0 Å². The molecule has 0 N–H and O–H groups in total. The molecule has 1 unspecified atom stereocenters. The largest absolute Gasteiger partial charge is 0.454 e. The highest BCUT2D eigenvalue weighted by molar-refractivity contribution is 6.00. The van der Waals surface area contributed by atoms with E-state index in [9.17, 15) is 4.79 Å². The van der Waals surface area contributed by atoms with Gasteiger partial charge in [-0.2, -0.15) is 0 Å². The van der Waals surface area contributed by atoms with Gasteiger partial charge < -0.3 is 14.4 Å². The van der Waals surface area contributed by atoms with Crippen LogP contribution >= 0.6 is 0 Å². The van der Waals surface area contributed by atoms with Crippen molar-refractivity contribution in [3.63, 3.8) is 0 Å². The average molecular weight is 279 g/mol. The van der Waals surface area contributed by atoms with Crippen molar-refractivity contribution in [2.24, 2.45) is 0 Å². The molecule has 0 bridgehead atoms. The van der Waals surface area contributed by atoms with Crippen molar-refractivity contribution in [1.29, 1.82) is 0 Å². The smallest absolute Gasteiger partial charge is 0.255 e. The second-order valence-corrected chi connectivity index (χ2v) is 5.64.